The van der Waals surface area contributed by atoms with Crippen molar-refractivity contribution in [2.45, 2.75) is 6.42 Å². The molecule has 0 saturated carbocycles. The standard InChI is InChI=1S/C13H16N4O3/c1-17(2)9-5-3-8(4-6-9)14-11(18)7-10-12(19)15-16-13(10)20/h3-6,10H,7H2,1-2H3,(H,14,18)(H,15,19)(H,16,20). The molecule has 1 aliphatic heterocycles. The molecule has 7 heteroatoms. The van der Waals surface area contributed by atoms with Crippen LogP contribution < -0.4 is 21.1 Å². The van der Waals surface area contributed by atoms with Crippen molar-refractivity contribution < 1.29 is 14.4 Å². The smallest absolute Gasteiger partial charge is 0.251 e. The van der Waals surface area contributed by atoms with Crippen LogP contribution >= 0.6 is 0 Å². The summed E-state index contributed by atoms with van der Waals surface area (Å²) in [5.74, 6) is -2.29. The number of nitrogens with zero attached hydrogens (tertiary/aromatic N) is 1. The van der Waals surface area contributed by atoms with E-state index in [4.69, 9.17) is 0 Å². The molecule has 7 nitrogen and oxygen atoms in total. The molecule has 2 rings (SSSR count). The number of benzene rings is 1. The van der Waals surface area contributed by atoms with Crippen molar-refractivity contribution in [1.82, 2.24) is 10.9 Å². The predicted octanol–water partition coefficient (Wildman–Crippen LogP) is -0.142. The maximum atomic E-state index is 11.8. The van der Waals surface area contributed by atoms with Crippen molar-refractivity contribution >= 4 is 29.1 Å². The van der Waals surface area contributed by atoms with Crippen molar-refractivity contribution in [3.8, 4) is 0 Å². The minimum atomic E-state index is -0.962. The number of rotatable bonds is 4. The normalized spacial score (nSPS) is 14.7. The predicted molar refractivity (Wildman–Crippen MR) is 73.8 cm³/mol. The van der Waals surface area contributed by atoms with E-state index < -0.39 is 17.7 Å². The first-order valence-corrected chi connectivity index (χ1v) is 6.14. The lowest BCUT2D eigenvalue weighted by atomic mass is 10.1. The summed E-state index contributed by atoms with van der Waals surface area (Å²) in [6.45, 7) is 0. The van der Waals surface area contributed by atoms with E-state index in [9.17, 15) is 14.4 Å². The lowest BCUT2D eigenvalue weighted by Crippen LogP contribution is -2.28. The van der Waals surface area contributed by atoms with Gasteiger partial charge in [-0.1, -0.05) is 0 Å². The van der Waals surface area contributed by atoms with E-state index in [0.29, 0.717) is 5.69 Å². The van der Waals surface area contributed by atoms with Gasteiger partial charge < -0.3 is 10.2 Å². The van der Waals surface area contributed by atoms with Crippen LogP contribution in [0.1, 0.15) is 6.42 Å². The van der Waals surface area contributed by atoms with E-state index in [2.05, 4.69) is 16.2 Å². The van der Waals surface area contributed by atoms with E-state index >= 15 is 0 Å². The first-order chi connectivity index (χ1) is 9.47. The van der Waals surface area contributed by atoms with Crippen LogP contribution in [0.5, 0.6) is 0 Å². The largest absolute Gasteiger partial charge is 0.378 e. The molecule has 0 atom stereocenters. The molecule has 20 heavy (non-hydrogen) atoms. The number of hydrogen-bond donors (Lipinski definition) is 3. The van der Waals surface area contributed by atoms with E-state index in [1.165, 1.54) is 0 Å². The second kappa shape index (κ2) is 5.60. The van der Waals surface area contributed by atoms with Gasteiger partial charge in [0.15, 0.2) is 0 Å². The highest BCUT2D eigenvalue weighted by atomic mass is 16.2. The van der Waals surface area contributed by atoms with Gasteiger partial charge in [0.05, 0.1) is 0 Å². The van der Waals surface area contributed by atoms with Crippen molar-refractivity contribution in [3.05, 3.63) is 24.3 Å². The van der Waals surface area contributed by atoms with E-state index in [0.717, 1.165) is 5.69 Å². The molecule has 0 unspecified atom stereocenters. The molecule has 0 aliphatic carbocycles. The molecule has 0 bridgehead atoms. The van der Waals surface area contributed by atoms with Gasteiger partial charge in [0, 0.05) is 31.9 Å². The SMILES string of the molecule is CN(C)c1ccc(NC(=O)CC2C(=O)NNC2=O)cc1. The summed E-state index contributed by atoms with van der Waals surface area (Å²) < 4.78 is 0. The Morgan fingerprint density at radius 3 is 2.20 bits per heavy atom. The third kappa shape index (κ3) is 3.05. The highest BCUT2D eigenvalue weighted by molar-refractivity contribution is 6.08. The molecule has 1 saturated heterocycles. The minimum absolute atomic E-state index is 0.174. The monoisotopic (exact) mass is 276 g/mol. The van der Waals surface area contributed by atoms with Gasteiger partial charge in [-0.15, -0.1) is 0 Å². The van der Waals surface area contributed by atoms with Gasteiger partial charge in [-0.05, 0) is 24.3 Å². The van der Waals surface area contributed by atoms with Crippen LogP contribution in [0.15, 0.2) is 24.3 Å². The topological polar surface area (TPSA) is 90.5 Å². The van der Waals surface area contributed by atoms with E-state index in [1.807, 2.05) is 31.1 Å². The molecular formula is C13H16N4O3. The van der Waals surface area contributed by atoms with Crippen molar-refractivity contribution in [2.75, 3.05) is 24.3 Å². The van der Waals surface area contributed by atoms with Crippen molar-refractivity contribution in [1.29, 1.82) is 0 Å². The fourth-order valence-corrected chi connectivity index (χ4v) is 1.84. The highest BCUT2D eigenvalue weighted by Crippen LogP contribution is 2.16. The molecule has 3 N–H and O–H groups in total. The van der Waals surface area contributed by atoms with Crippen LogP contribution in [0.4, 0.5) is 11.4 Å². The zero-order valence-electron chi connectivity index (χ0n) is 11.3. The Labute approximate surface area is 116 Å². The number of carbonyl (C=O) groups is 3. The average Bonchev–Trinajstić information content (AvgIpc) is 2.71. The Morgan fingerprint density at radius 1 is 1.15 bits per heavy atom. The number of hydrogen-bond acceptors (Lipinski definition) is 4. The molecule has 1 aliphatic rings. The average molecular weight is 276 g/mol. The Hall–Kier alpha value is -2.57. The molecule has 106 valence electrons. The van der Waals surface area contributed by atoms with Crippen LogP contribution in [0, 0.1) is 5.92 Å². The summed E-state index contributed by atoms with van der Waals surface area (Å²) in [5.41, 5.74) is 6.01. The molecule has 0 spiro atoms. The highest BCUT2D eigenvalue weighted by Gasteiger charge is 2.34. The van der Waals surface area contributed by atoms with E-state index in [-0.39, 0.29) is 12.3 Å². The Balaban J connectivity index is 1.94. The number of hydrazine groups is 1. The summed E-state index contributed by atoms with van der Waals surface area (Å²) in [7, 11) is 3.84. The second-order valence-electron chi connectivity index (χ2n) is 4.72. The van der Waals surface area contributed by atoms with Gasteiger partial charge in [0.25, 0.3) is 11.8 Å². The van der Waals surface area contributed by atoms with Gasteiger partial charge in [0.2, 0.25) is 5.91 Å². The molecule has 1 heterocycles. The summed E-state index contributed by atoms with van der Waals surface area (Å²) >= 11 is 0. The molecular weight excluding hydrogens is 260 g/mol. The van der Waals surface area contributed by atoms with Gasteiger partial charge in [-0.3, -0.25) is 25.2 Å². The molecule has 0 radical (unpaired) electrons. The van der Waals surface area contributed by atoms with Crippen LogP contribution in [0.25, 0.3) is 0 Å². The second-order valence-corrected chi connectivity index (χ2v) is 4.72. The lowest BCUT2D eigenvalue weighted by molar-refractivity contribution is -0.131. The third-order valence-corrected chi connectivity index (χ3v) is 3.00. The molecule has 3 amide bonds. The van der Waals surface area contributed by atoms with Crippen molar-refractivity contribution in [3.63, 3.8) is 0 Å². The maximum Gasteiger partial charge on any atom is 0.251 e. The van der Waals surface area contributed by atoms with Crippen LogP contribution in [-0.2, 0) is 14.4 Å². The molecule has 1 aromatic rings. The van der Waals surface area contributed by atoms with Gasteiger partial charge in [-0.2, -0.15) is 0 Å². The summed E-state index contributed by atoms with van der Waals surface area (Å²) in [6.07, 6.45) is -0.174. The first-order valence-electron chi connectivity index (χ1n) is 6.14. The quantitative estimate of drug-likeness (QED) is 0.668. The number of carbonyl (C=O) groups excluding carboxylic acids is 3. The zero-order valence-corrected chi connectivity index (χ0v) is 11.3. The molecule has 1 fully saturated rings. The maximum absolute atomic E-state index is 11.8. The summed E-state index contributed by atoms with van der Waals surface area (Å²) in [6, 6.07) is 7.26. The Morgan fingerprint density at radius 2 is 1.70 bits per heavy atom. The number of anilines is 2. The Bertz CT molecular complexity index is 523. The number of amides is 3. The van der Waals surface area contributed by atoms with Gasteiger partial charge in [-0.25, -0.2) is 0 Å². The number of nitrogens with one attached hydrogen (secondary N) is 3. The fourth-order valence-electron chi connectivity index (χ4n) is 1.84. The van der Waals surface area contributed by atoms with Crippen LogP contribution in [-0.4, -0.2) is 31.8 Å². The zero-order chi connectivity index (χ0) is 14.7. The summed E-state index contributed by atoms with van der Waals surface area (Å²) in [5, 5.41) is 2.66. The lowest BCUT2D eigenvalue weighted by Gasteiger charge is -2.13. The van der Waals surface area contributed by atoms with Gasteiger partial charge in [0.1, 0.15) is 5.92 Å². The third-order valence-electron chi connectivity index (χ3n) is 3.00. The fraction of sp³-hybridized carbons (Fsp3) is 0.308. The minimum Gasteiger partial charge on any atom is -0.378 e. The van der Waals surface area contributed by atoms with Crippen molar-refractivity contribution in [2.24, 2.45) is 5.92 Å². The first kappa shape index (κ1) is 13.9. The van der Waals surface area contributed by atoms with Crippen LogP contribution in [0.2, 0.25) is 0 Å². The molecule has 0 aromatic heterocycles. The van der Waals surface area contributed by atoms with E-state index in [1.54, 1.807) is 12.1 Å². The summed E-state index contributed by atoms with van der Waals surface area (Å²) in [4.78, 5) is 36.4. The Kier molecular flexibility index (Phi) is 3.88. The van der Waals surface area contributed by atoms with Crippen LogP contribution in [0.3, 0.4) is 0 Å². The van der Waals surface area contributed by atoms with Gasteiger partial charge >= 0.3 is 0 Å². The molecule has 1 aromatic carbocycles.